The first kappa shape index (κ1) is 28.4. The lowest BCUT2D eigenvalue weighted by Crippen LogP contribution is -2.27. The fourth-order valence-corrected chi connectivity index (χ4v) is 4.65. The van der Waals surface area contributed by atoms with Crippen LogP contribution < -0.4 is 10.6 Å². The highest BCUT2D eigenvalue weighted by Gasteiger charge is 2.19. The van der Waals surface area contributed by atoms with Gasteiger partial charge in [-0.05, 0) is 59.2 Å². The van der Waals surface area contributed by atoms with Crippen molar-refractivity contribution in [3.05, 3.63) is 89.1 Å². The van der Waals surface area contributed by atoms with E-state index in [1.165, 1.54) is 24.2 Å². The number of benzene rings is 2. The zero-order valence-corrected chi connectivity index (χ0v) is 23.3. The Balaban J connectivity index is 1.40. The number of hydrogen-bond donors (Lipinski definition) is 3. The molecule has 2 aromatic heterocycles. The van der Waals surface area contributed by atoms with Crippen LogP contribution in [0.5, 0.6) is 0 Å². The molecule has 13 heteroatoms. The Labute approximate surface area is 245 Å². The van der Waals surface area contributed by atoms with Gasteiger partial charge in [-0.2, -0.15) is 4.68 Å². The number of amides is 2. The van der Waals surface area contributed by atoms with E-state index in [0.29, 0.717) is 57.4 Å². The lowest BCUT2D eigenvalue weighted by atomic mass is 10.0. The van der Waals surface area contributed by atoms with Crippen molar-refractivity contribution in [1.29, 1.82) is 0 Å². The van der Waals surface area contributed by atoms with Gasteiger partial charge in [0, 0.05) is 28.6 Å². The van der Waals surface area contributed by atoms with Gasteiger partial charge in [-0.1, -0.05) is 35.9 Å². The van der Waals surface area contributed by atoms with Crippen molar-refractivity contribution >= 4 is 41.1 Å². The fourth-order valence-electron chi connectivity index (χ4n) is 4.47. The number of fused-ring (bicyclic) bond motifs is 4. The van der Waals surface area contributed by atoms with E-state index in [1.807, 2.05) is 18.2 Å². The van der Waals surface area contributed by atoms with Gasteiger partial charge in [0.2, 0.25) is 11.8 Å². The molecular weight excluding hydrogens is 560 g/mol. The molecule has 2 aromatic carbocycles. The Kier molecular flexibility index (Phi) is 8.83. The summed E-state index contributed by atoms with van der Waals surface area (Å²) < 4.78 is 6.26. The number of carbonyl (C=O) groups is 3. The number of allylic oxidation sites excluding steroid dienone is 1. The van der Waals surface area contributed by atoms with E-state index < -0.39 is 6.04 Å². The van der Waals surface area contributed by atoms with Crippen LogP contribution in [0.4, 0.5) is 5.69 Å². The van der Waals surface area contributed by atoms with E-state index in [0.717, 1.165) is 0 Å². The first-order valence-corrected chi connectivity index (χ1v) is 13.5. The van der Waals surface area contributed by atoms with Crippen molar-refractivity contribution in [3.63, 3.8) is 0 Å². The maximum absolute atomic E-state index is 13.1. The molecular formula is C29H27ClN8O4. The molecule has 0 saturated heterocycles. The summed E-state index contributed by atoms with van der Waals surface area (Å²) in [6.45, 7) is 0. The largest absolute Gasteiger partial charge is 0.469 e. The number of aromatic nitrogens is 6. The van der Waals surface area contributed by atoms with Crippen LogP contribution in [0.15, 0.2) is 67.2 Å². The number of carbonyl (C=O) groups excluding carboxylic acids is 3. The van der Waals surface area contributed by atoms with E-state index in [9.17, 15) is 14.4 Å². The molecule has 1 aliphatic rings. The summed E-state index contributed by atoms with van der Waals surface area (Å²) in [6, 6.07) is 10.1. The monoisotopic (exact) mass is 586 g/mol. The molecule has 214 valence electrons. The third-order valence-corrected chi connectivity index (χ3v) is 6.78. The molecule has 1 atom stereocenters. The Bertz CT molecular complexity index is 1660. The van der Waals surface area contributed by atoms with Crippen LogP contribution in [0.25, 0.3) is 23.0 Å². The first-order valence-electron chi connectivity index (χ1n) is 13.1. The summed E-state index contributed by atoms with van der Waals surface area (Å²) >= 11 is 6.19. The molecule has 3 heterocycles. The average molecular weight is 587 g/mol. The molecule has 0 unspecified atom stereocenters. The van der Waals surface area contributed by atoms with Gasteiger partial charge in [-0.25, -0.2) is 4.98 Å². The van der Waals surface area contributed by atoms with Crippen molar-refractivity contribution in [3.8, 4) is 16.9 Å². The number of hydrogen-bond acceptors (Lipinski definition) is 8. The highest BCUT2D eigenvalue weighted by atomic mass is 35.5. The summed E-state index contributed by atoms with van der Waals surface area (Å²) in [4.78, 5) is 45.4. The van der Waals surface area contributed by atoms with Crippen molar-refractivity contribution in [2.24, 2.45) is 0 Å². The van der Waals surface area contributed by atoms with Crippen molar-refractivity contribution in [2.45, 2.75) is 31.7 Å². The van der Waals surface area contributed by atoms with Crippen molar-refractivity contribution in [1.82, 2.24) is 35.5 Å². The summed E-state index contributed by atoms with van der Waals surface area (Å²) in [6.07, 6.45) is 11.3. The number of methoxy groups -OCH3 is 1. The molecule has 0 spiro atoms. The Morgan fingerprint density at radius 2 is 2.10 bits per heavy atom. The van der Waals surface area contributed by atoms with Gasteiger partial charge in [-0.3, -0.25) is 14.4 Å². The lowest BCUT2D eigenvalue weighted by molar-refractivity contribution is -0.139. The smallest absolute Gasteiger partial charge is 0.309 e. The normalized spacial score (nSPS) is 16.0. The van der Waals surface area contributed by atoms with Crippen LogP contribution in [-0.4, -0.2) is 55.1 Å². The van der Waals surface area contributed by atoms with Gasteiger partial charge >= 0.3 is 5.97 Å². The summed E-state index contributed by atoms with van der Waals surface area (Å²) in [5.74, 6) is -0.339. The lowest BCUT2D eigenvalue weighted by Gasteiger charge is -2.14. The second kappa shape index (κ2) is 13.0. The van der Waals surface area contributed by atoms with Crippen molar-refractivity contribution < 1.29 is 19.1 Å². The molecule has 4 aromatic rings. The number of anilines is 1. The minimum atomic E-state index is -0.475. The number of nitrogens with one attached hydrogen (secondary N) is 3. The molecule has 2 bridgehead atoms. The van der Waals surface area contributed by atoms with Gasteiger partial charge < -0.3 is 20.4 Å². The molecule has 0 fully saturated rings. The number of esters is 1. The third kappa shape index (κ3) is 6.96. The summed E-state index contributed by atoms with van der Waals surface area (Å²) in [5, 5.41) is 17.7. The van der Waals surface area contributed by atoms with Gasteiger partial charge in [0.1, 0.15) is 12.2 Å². The Hall–Kier alpha value is -5.10. The van der Waals surface area contributed by atoms with Crippen LogP contribution >= 0.6 is 11.6 Å². The van der Waals surface area contributed by atoms with Crippen LogP contribution in [0.2, 0.25) is 5.02 Å². The van der Waals surface area contributed by atoms with E-state index in [2.05, 4.69) is 36.1 Å². The van der Waals surface area contributed by atoms with Crippen LogP contribution in [0, 0.1) is 0 Å². The Morgan fingerprint density at radius 3 is 2.90 bits per heavy atom. The van der Waals surface area contributed by atoms with Gasteiger partial charge in [0.25, 0.3) is 0 Å². The molecule has 1 aliphatic heterocycles. The summed E-state index contributed by atoms with van der Waals surface area (Å²) in [5.41, 5.74) is 3.90. The molecule has 3 N–H and O–H groups in total. The first-order chi connectivity index (χ1) is 20.4. The molecule has 42 heavy (non-hydrogen) atoms. The molecule has 0 aliphatic carbocycles. The minimum absolute atomic E-state index is 0.0740. The highest BCUT2D eigenvalue weighted by molar-refractivity contribution is 6.30. The second-order valence-corrected chi connectivity index (χ2v) is 9.90. The topological polar surface area (TPSA) is 157 Å². The third-order valence-electron chi connectivity index (χ3n) is 6.54. The van der Waals surface area contributed by atoms with Crippen LogP contribution in [-0.2, 0) is 25.5 Å². The van der Waals surface area contributed by atoms with E-state index in [4.69, 9.17) is 16.3 Å². The average Bonchev–Trinajstić information content (AvgIpc) is 3.68. The van der Waals surface area contributed by atoms with Gasteiger partial charge in [-0.15, -0.1) is 5.10 Å². The standard InChI is InChI=1S/C29H27ClN8O4/c1-42-28(41)14-18-7-10-21-23(13-18)34-26(39)6-4-2-3-5-22(29-31-16-24(21)35-29)33-27(40)12-8-19-15-20(30)9-11-25(19)38-17-32-36-37-38/h2-3,7-13,15-17,22H,4-6,14H2,1H3,(H,31,35)(H,33,40)(H,34,39)/b3-2-,12-8+/t22-/m0/s1. The number of imidazole rings is 1. The van der Waals surface area contributed by atoms with E-state index in [1.54, 1.807) is 42.6 Å². The molecule has 12 nitrogen and oxygen atoms in total. The van der Waals surface area contributed by atoms with Crippen molar-refractivity contribution in [2.75, 3.05) is 12.4 Å². The van der Waals surface area contributed by atoms with Crippen LogP contribution in [0.3, 0.4) is 0 Å². The predicted molar refractivity (Wildman–Crippen MR) is 155 cm³/mol. The maximum atomic E-state index is 13.1. The summed E-state index contributed by atoms with van der Waals surface area (Å²) in [7, 11) is 1.33. The quantitative estimate of drug-likeness (QED) is 0.174. The number of nitrogens with zero attached hydrogens (tertiary/aromatic N) is 5. The zero-order valence-electron chi connectivity index (χ0n) is 22.6. The zero-order chi connectivity index (χ0) is 29.5. The highest BCUT2D eigenvalue weighted by Crippen LogP contribution is 2.30. The van der Waals surface area contributed by atoms with Gasteiger partial charge in [0.05, 0.1) is 42.8 Å². The Morgan fingerprint density at radius 1 is 1.21 bits per heavy atom. The molecule has 0 radical (unpaired) electrons. The fraction of sp³-hybridized carbons (Fsp3) is 0.207. The van der Waals surface area contributed by atoms with E-state index in [-0.39, 0.29) is 30.6 Å². The van der Waals surface area contributed by atoms with Crippen LogP contribution in [0.1, 0.15) is 42.3 Å². The molecule has 5 rings (SSSR count). The molecule has 2 amide bonds. The van der Waals surface area contributed by atoms with Gasteiger partial charge in [0.15, 0.2) is 0 Å². The number of halogens is 1. The number of H-pyrrole nitrogens is 1. The minimum Gasteiger partial charge on any atom is -0.469 e. The second-order valence-electron chi connectivity index (χ2n) is 9.46. The SMILES string of the molecule is COC(=O)Cc1ccc2c(c1)NC(=O)CC/C=C\C[C@H](NC(=O)/C=C/c1cc(Cl)ccc1-n1cnnn1)c1ncc-2[nH]1. The number of aromatic amines is 1. The number of tetrazole rings is 1. The maximum Gasteiger partial charge on any atom is 0.309 e. The number of rotatable bonds is 6. The molecule has 0 saturated carbocycles. The number of ether oxygens (including phenoxy) is 1. The van der Waals surface area contributed by atoms with E-state index >= 15 is 0 Å². The predicted octanol–water partition coefficient (Wildman–Crippen LogP) is 3.97.